The highest BCUT2D eigenvalue weighted by Crippen LogP contribution is 2.28. The molecule has 2 aromatic carbocycles. The molecule has 0 bridgehead atoms. The van der Waals surface area contributed by atoms with Crippen molar-refractivity contribution in [3.05, 3.63) is 63.7 Å². The first-order valence-corrected chi connectivity index (χ1v) is 7.28. The summed E-state index contributed by atoms with van der Waals surface area (Å²) in [4.78, 5) is 26.8. The lowest BCUT2D eigenvalue weighted by atomic mass is 10.2. The predicted molar refractivity (Wildman–Crippen MR) is 85.4 cm³/mol. The number of nitro benzene ring substituents is 1. The van der Waals surface area contributed by atoms with Crippen molar-refractivity contribution in [2.24, 2.45) is 0 Å². The fourth-order valence-electron chi connectivity index (χ4n) is 2.07. The van der Waals surface area contributed by atoms with Crippen molar-refractivity contribution in [1.82, 2.24) is 4.98 Å². The van der Waals surface area contributed by atoms with Crippen LogP contribution in [0.2, 0.25) is 0 Å². The number of nitrogens with one attached hydrogen (secondary N) is 1. The standard InChI is InChI=1S/C15H11N3O3S/c1-9-4-2-7-12-13(9)16-15(22-12)17-14(19)10-5-3-6-11(8-10)18(20)21/h2-8H,1H3,(H,16,17,19). The van der Waals surface area contributed by atoms with Gasteiger partial charge < -0.3 is 0 Å². The van der Waals surface area contributed by atoms with Gasteiger partial charge in [0.15, 0.2) is 5.13 Å². The fourth-order valence-corrected chi connectivity index (χ4v) is 3.01. The monoisotopic (exact) mass is 313 g/mol. The Bertz CT molecular complexity index is 889. The Morgan fingerprint density at radius 1 is 1.27 bits per heavy atom. The van der Waals surface area contributed by atoms with E-state index in [9.17, 15) is 14.9 Å². The van der Waals surface area contributed by atoms with Gasteiger partial charge in [0.05, 0.1) is 15.1 Å². The van der Waals surface area contributed by atoms with Crippen LogP contribution < -0.4 is 5.32 Å². The summed E-state index contributed by atoms with van der Waals surface area (Å²) in [5.74, 6) is -0.416. The van der Waals surface area contributed by atoms with Gasteiger partial charge in [-0.2, -0.15) is 0 Å². The van der Waals surface area contributed by atoms with Crippen LogP contribution in [0.5, 0.6) is 0 Å². The van der Waals surface area contributed by atoms with Crippen LogP contribution in [0.4, 0.5) is 10.8 Å². The Morgan fingerprint density at radius 3 is 2.77 bits per heavy atom. The van der Waals surface area contributed by atoms with Crippen LogP contribution in [-0.4, -0.2) is 15.8 Å². The number of para-hydroxylation sites is 1. The average molecular weight is 313 g/mol. The highest BCUT2D eigenvalue weighted by molar-refractivity contribution is 7.22. The van der Waals surface area contributed by atoms with E-state index in [0.717, 1.165) is 15.8 Å². The Kier molecular flexibility index (Phi) is 3.56. The SMILES string of the molecule is Cc1cccc2sc(NC(=O)c3cccc([N+](=O)[O-])c3)nc12. The van der Waals surface area contributed by atoms with Gasteiger partial charge in [0.2, 0.25) is 0 Å². The van der Waals surface area contributed by atoms with Gasteiger partial charge in [-0.25, -0.2) is 4.98 Å². The van der Waals surface area contributed by atoms with Crippen molar-refractivity contribution in [3.63, 3.8) is 0 Å². The number of benzene rings is 2. The summed E-state index contributed by atoms with van der Waals surface area (Å²) >= 11 is 1.37. The van der Waals surface area contributed by atoms with Crippen molar-refractivity contribution in [3.8, 4) is 0 Å². The van der Waals surface area contributed by atoms with Crippen LogP contribution in [0.15, 0.2) is 42.5 Å². The summed E-state index contributed by atoms with van der Waals surface area (Å²) in [5, 5.41) is 13.9. The molecule has 0 fully saturated rings. The molecule has 1 amide bonds. The molecule has 110 valence electrons. The number of carbonyl (C=O) groups excluding carboxylic acids is 1. The third-order valence-corrected chi connectivity index (χ3v) is 4.10. The van der Waals surface area contributed by atoms with Gasteiger partial charge in [-0.1, -0.05) is 29.5 Å². The first-order chi connectivity index (χ1) is 10.5. The first kappa shape index (κ1) is 14.2. The molecule has 0 aliphatic carbocycles. The topological polar surface area (TPSA) is 85.1 Å². The van der Waals surface area contributed by atoms with Crippen LogP contribution >= 0.6 is 11.3 Å². The number of non-ortho nitro benzene ring substituents is 1. The zero-order valence-corrected chi connectivity index (χ0v) is 12.4. The van der Waals surface area contributed by atoms with E-state index in [4.69, 9.17) is 0 Å². The molecule has 0 unspecified atom stereocenters. The third kappa shape index (κ3) is 2.66. The number of fused-ring (bicyclic) bond motifs is 1. The quantitative estimate of drug-likeness (QED) is 0.589. The molecule has 6 nitrogen and oxygen atoms in total. The van der Waals surface area contributed by atoms with E-state index in [1.54, 1.807) is 0 Å². The average Bonchev–Trinajstić information content (AvgIpc) is 2.91. The lowest BCUT2D eigenvalue weighted by Gasteiger charge is -2.01. The summed E-state index contributed by atoms with van der Waals surface area (Å²) in [5.41, 5.74) is 1.99. The molecule has 3 aromatic rings. The van der Waals surface area contributed by atoms with Crippen molar-refractivity contribution in [2.45, 2.75) is 6.92 Å². The van der Waals surface area contributed by atoms with Crippen LogP contribution in [0.1, 0.15) is 15.9 Å². The second-order valence-electron chi connectivity index (χ2n) is 4.70. The maximum Gasteiger partial charge on any atom is 0.270 e. The van der Waals surface area contributed by atoms with E-state index in [-0.39, 0.29) is 11.3 Å². The molecule has 0 spiro atoms. The largest absolute Gasteiger partial charge is 0.298 e. The molecule has 3 rings (SSSR count). The Labute approximate surface area is 129 Å². The molecule has 0 aliphatic heterocycles. The number of aryl methyl sites for hydroxylation is 1. The van der Waals surface area contributed by atoms with E-state index < -0.39 is 10.8 Å². The van der Waals surface area contributed by atoms with Gasteiger partial charge in [-0.05, 0) is 24.6 Å². The molecule has 0 aliphatic rings. The van der Waals surface area contributed by atoms with Crippen molar-refractivity contribution < 1.29 is 9.72 Å². The number of carbonyl (C=O) groups is 1. The van der Waals surface area contributed by atoms with Gasteiger partial charge in [0.1, 0.15) is 0 Å². The number of amides is 1. The molecular formula is C15H11N3O3S. The molecule has 1 N–H and O–H groups in total. The van der Waals surface area contributed by atoms with Gasteiger partial charge in [0, 0.05) is 17.7 Å². The van der Waals surface area contributed by atoms with Crippen LogP contribution in [0, 0.1) is 17.0 Å². The smallest absolute Gasteiger partial charge is 0.270 e. The minimum Gasteiger partial charge on any atom is -0.298 e. The minimum atomic E-state index is -0.530. The normalized spacial score (nSPS) is 10.6. The van der Waals surface area contributed by atoms with E-state index in [1.807, 2.05) is 25.1 Å². The zero-order chi connectivity index (χ0) is 15.7. The second-order valence-corrected chi connectivity index (χ2v) is 5.73. The number of aromatic nitrogens is 1. The molecule has 0 radical (unpaired) electrons. The lowest BCUT2D eigenvalue weighted by molar-refractivity contribution is -0.384. The summed E-state index contributed by atoms with van der Waals surface area (Å²) < 4.78 is 0.981. The number of rotatable bonds is 3. The van der Waals surface area contributed by atoms with Crippen molar-refractivity contribution in [2.75, 3.05) is 5.32 Å². The summed E-state index contributed by atoms with van der Waals surface area (Å²) in [6.07, 6.45) is 0. The predicted octanol–water partition coefficient (Wildman–Crippen LogP) is 3.77. The van der Waals surface area contributed by atoms with E-state index in [0.29, 0.717) is 5.13 Å². The van der Waals surface area contributed by atoms with Gasteiger partial charge in [0.25, 0.3) is 11.6 Å². The third-order valence-electron chi connectivity index (χ3n) is 3.16. The van der Waals surface area contributed by atoms with Gasteiger partial charge in [-0.3, -0.25) is 20.2 Å². The molecule has 0 atom stereocenters. The maximum atomic E-state index is 12.2. The number of anilines is 1. The highest BCUT2D eigenvalue weighted by atomic mass is 32.1. The fraction of sp³-hybridized carbons (Fsp3) is 0.0667. The molecule has 22 heavy (non-hydrogen) atoms. The number of hydrogen-bond donors (Lipinski definition) is 1. The van der Waals surface area contributed by atoms with Gasteiger partial charge in [-0.15, -0.1) is 0 Å². The van der Waals surface area contributed by atoms with Crippen molar-refractivity contribution in [1.29, 1.82) is 0 Å². The maximum absolute atomic E-state index is 12.2. The van der Waals surface area contributed by atoms with Crippen LogP contribution in [0.3, 0.4) is 0 Å². The Balaban J connectivity index is 1.88. The van der Waals surface area contributed by atoms with Crippen molar-refractivity contribution >= 4 is 38.3 Å². The first-order valence-electron chi connectivity index (χ1n) is 6.46. The molecule has 0 saturated heterocycles. The summed E-state index contributed by atoms with van der Waals surface area (Å²) in [6.45, 7) is 1.95. The molecular weight excluding hydrogens is 302 g/mol. The molecule has 0 saturated carbocycles. The number of hydrogen-bond acceptors (Lipinski definition) is 5. The minimum absolute atomic E-state index is 0.118. The molecule has 1 heterocycles. The zero-order valence-electron chi connectivity index (χ0n) is 11.6. The summed E-state index contributed by atoms with van der Waals surface area (Å²) in [6, 6.07) is 11.4. The Hall–Kier alpha value is -2.80. The van der Waals surface area contributed by atoms with Crippen LogP contribution in [-0.2, 0) is 0 Å². The lowest BCUT2D eigenvalue weighted by Crippen LogP contribution is -2.11. The number of nitrogens with zero attached hydrogens (tertiary/aromatic N) is 2. The summed E-state index contributed by atoms with van der Waals surface area (Å²) in [7, 11) is 0. The molecule has 1 aromatic heterocycles. The number of nitro groups is 1. The second kappa shape index (κ2) is 5.53. The number of thiazole rings is 1. The van der Waals surface area contributed by atoms with Crippen LogP contribution in [0.25, 0.3) is 10.2 Å². The van der Waals surface area contributed by atoms with E-state index in [2.05, 4.69) is 10.3 Å². The van der Waals surface area contributed by atoms with Gasteiger partial charge >= 0.3 is 0 Å². The van der Waals surface area contributed by atoms with E-state index in [1.165, 1.54) is 35.6 Å². The van der Waals surface area contributed by atoms with E-state index >= 15 is 0 Å². The highest BCUT2D eigenvalue weighted by Gasteiger charge is 2.14. The molecule has 7 heteroatoms. The Morgan fingerprint density at radius 2 is 2.05 bits per heavy atom.